The number of methoxy groups -OCH3 is 1. The van der Waals surface area contributed by atoms with Crippen LogP contribution in [0.25, 0.3) is 0 Å². The van der Waals surface area contributed by atoms with Gasteiger partial charge in [0.05, 0.1) is 13.7 Å². The van der Waals surface area contributed by atoms with Crippen molar-refractivity contribution in [3.63, 3.8) is 0 Å². The van der Waals surface area contributed by atoms with E-state index >= 15 is 0 Å². The van der Waals surface area contributed by atoms with Gasteiger partial charge in [0.15, 0.2) is 0 Å². The van der Waals surface area contributed by atoms with E-state index in [9.17, 15) is 4.79 Å². The van der Waals surface area contributed by atoms with Gasteiger partial charge in [-0.05, 0) is 55.7 Å². The molecular weight excluding hydrogens is 302 g/mol. The molecule has 2 aromatic carbocycles. The third kappa shape index (κ3) is 3.53. The number of benzene rings is 2. The first-order valence-electron chi connectivity index (χ1n) is 8.30. The van der Waals surface area contributed by atoms with Gasteiger partial charge in [0.2, 0.25) is 0 Å². The molecule has 2 atom stereocenters. The third-order valence-electron chi connectivity index (χ3n) is 4.37. The summed E-state index contributed by atoms with van der Waals surface area (Å²) in [6.07, 6.45) is 0.963. The van der Waals surface area contributed by atoms with Crippen LogP contribution >= 0.6 is 0 Å². The molecule has 2 aromatic rings. The first kappa shape index (κ1) is 16.4. The highest BCUT2D eigenvalue weighted by Gasteiger charge is 2.39. The Hall–Kier alpha value is -2.49. The molecule has 0 radical (unpaired) electrons. The third-order valence-corrected chi connectivity index (χ3v) is 4.37. The number of amides is 1. The highest BCUT2D eigenvalue weighted by Crippen LogP contribution is 2.42. The van der Waals surface area contributed by atoms with Gasteiger partial charge < -0.3 is 14.8 Å². The zero-order chi connectivity index (χ0) is 17.1. The number of carbonyl (C=O) groups is 1. The summed E-state index contributed by atoms with van der Waals surface area (Å²) in [6, 6.07) is 13.8. The van der Waals surface area contributed by atoms with Crippen LogP contribution in [0, 0.1) is 6.92 Å². The second kappa shape index (κ2) is 6.95. The number of aryl methyl sites for hydroxylation is 1. The minimum Gasteiger partial charge on any atom is -0.496 e. The zero-order valence-corrected chi connectivity index (χ0v) is 14.3. The fourth-order valence-corrected chi connectivity index (χ4v) is 2.94. The molecule has 0 saturated heterocycles. The maximum absolute atomic E-state index is 12.4. The van der Waals surface area contributed by atoms with Crippen LogP contribution in [0.2, 0.25) is 0 Å². The van der Waals surface area contributed by atoms with Crippen molar-refractivity contribution in [1.29, 1.82) is 0 Å². The molecule has 4 heteroatoms. The van der Waals surface area contributed by atoms with Crippen LogP contribution < -0.4 is 14.8 Å². The van der Waals surface area contributed by atoms with Crippen molar-refractivity contribution in [2.24, 2.45) is 0 Å². The van der Waals surface area contributed by atoms with Crippen LogP contribution in [0.5, 0.6) is 11.5 Å². The Bertz CT molecular complexity index is 741. The molecule has 1 amide bonds. The maximum Gasteiger partial charge on any atom is 0.251 e. The first-order chi connectivity index (χ1) is 11.6. The van der Waals surface area contributed by atoms with E-state index in [1.165, 1.54) is 5.56 Å². The average molecular weight is 325 g/mol. The Morgan fingerprint density at radius 1 is 1.25 bits per heavy atom. The lowest BCUT2D eigenvalue weighted by Gasteiger charge is -2.09. The standard InChI is InChI=1S/C20H23NO3/c1-4-24-16-7-5-6-14(10-16)17-12-18(17)21-20(22)15-9-8-13(2)19(11-15)23-3/h5-11,17-18H,4,12H2,1-3H3,(H,21,22)/t17-,18-/m0/s1. The van der Waals surface area contributed by atoms with E-state index in [2.05, 4.69) is 17.4 Å². The fourth-order valence-electron chi connectivity index (χ4n) is 2.94. The van der Waals surface area contributed by atoms with Crippen LogP contribution in [-0.2, 0) is 0 Å². The van der Waals surface area contributed by atoms with Gasteiger partial charge in [0, 0.05) is 17.5 Å². The lowest BCUT2D eigenvalue weighted by Crippen LogP contribution is -2.26. The van der Waals surface area contributed by atoms with Gasteiger partial charge in [-0.3, -0.25) is 4.79 Å². The van der Waals surface area contributed by atoms with Crippen molar-refractivity contribution in [3.8, 4) is 11.5 Å². The van der Waals surface area contributed by atoms with E-state index in [0.29, 0.717) is 18.1 Å². The second-order valence-corrected chi connectivity index (χ2v) is 6.11. The Balaban J connectivity index is 1.64. The summed E-state index contributed by atoms with van der Waals surface area (Å²) in [6.45, 7) is 4.59. The molecule has 0 heterocycles. The van der Waals surface area contributed by atoms with E-state index in [1.807, 2.05) is 38.1 Å². The monoisotopic (exact) mass is 325 g/mol. The highest BCUT2D eigenvalue weighted by atomic mass is 16.5. The van der Waals surface area contributed by atoms with Crippen molar-refractivity contribution in [1.82, 2.24) is 5.32 Å². The average Bonchev–Trinajstić information content (AvgIpc) is 3.35. The van der Waals surface area contributed by atoms with Gasteiger partial charge in [-0.1, -0.05) is 18.2 Å². The number of nitrogens with one attached hydrogen (secondary N) is 1. The minimum absolute atomic E-state index is 0.0539. The predicted molar refractivity (Wildman–Crippen MR) is 94.0 cm³/mol. The SMILES string of the molecule is CCOc1cccc([C@@H]2C[C@@H]2NC(=O)c2ccc(C)c(OC)c2)c1. The molecule has 1 aliphatic rings. The van der Waals surface area contributed by atoms with Crippen LogP contribution in [0.4, 0.5) is 0 Å². The van der Waals surface area contributed by atoms with E-state index < -0.39 is 0 Å². The van der Waals surface area contributed by atoms with Gasteiger partial charge in [-0.2, -0.15) is 0 Å². The van der Waals surface area contributed by atoms with Crippen molar-refractivity contribution >= 4 is 5.91 Å². The summed E-state index contributed by atoms with van der Waals surface area (Å²) in [5.74, 6) is 1.93. The summed E-state index contributed by atoms with van der Waals surface area (Å²) >= 11 is 0. The quantitative estimate of drug-likeness (QED) is 0.881. The summed E-state index contributed by atoms with van der Waals surface area (Å²) in [5.41, 5.74) is 2.87. The molecule has 0 spiro atoms. The molecule has 3 rings (SSSR count). The maximum atomic E-state index is 12.4. The van der Waals surface area contributed by atoms with E-state index in [-0.39, 0.29) is 11.9 Å². The molecule has 1 N–H and O–H groups in total. The van der Waals surface area contributed by atoms with Crippen molar-refractivity contribution < 1.29 is 14.3 Å². The van der Waals surface area contributed by atoms with Crippen LogP contribution in [0.15, 0.2) is 42.5 Å². The second-order valence-electron chi connectivity index (χ2n) is 6.11. The molecule has 0 unspecified atom stereocenters. The van der Waals surface area contributed by atoms with Crippen LogP contribution in [0.1, 0.15) is 40.7 Å². The fraction of sp³-hybridized carbons (Fsp3) is 0.350. The topological polar surface area (TPSA) is 47.6 Å². The molecule has 1 saturated carbocycles. The molecule has 126 valence electrons. The van der Waals surface area contributed by atoms with Gasteiger partial charge in [0.1, 0.15) is 11.5 Å². The Kier molecular flexibility index (Phi) is 4.74. The number of ether oxygens (including phenoxy) is 2. The number of carbonyl (C=O) groups excluding carboxylic acids is 1. The number of hydrogen-bond donors (Lipinski definition) is 1. The van der Waals surface area contributed by atoms with Crippen molar-refractivity contribution in [3.05, 3.63) is 59.2 Å². The van der Waals surface area contributed by atoms with Gasteiger partial charge in [-0.25, -0.2) is 0 Å². The highest BCUT2D eigenvalue weighted by molar-refractivity contribution is 5.95. The summed E-state index contributed by atoms with van der Waals surface area (Å²) < 4.78 is 10.8. The lowest BCUT2D eigenvalue weighted by atomic mass is 10.1. The van der Waals surface area contributed by atoms with Crippen LogP contribution in [-0.4, -0.2) is 25.7 Å². The van der Waals surface area contributed by atoms with E-state index in [4.69, 9.17) is 9.47 Å². The number of rotatable bonds is 6. The summed E-state index contributed by atoms with van der Waals surface area (Å²) in [5, 5.41) is 3.11. The van der Waals surface area contributed by atoms with Crippen molar-refractivity contribution in [2.75, 3.05) is 13.7 Å². The molecule has 1 fully saturated rings. The van der Waals surface area contributed by atoms with E-state index in [1.54, 1.807) is 13.2 Å². The Morgan fingerprint density at radius 2 is 2.08 bits per heavy atom. The normalized spacial score (nSPS) is 18.8. The molecule has 0 bridgehead atoms. The van der Waals surface area contributed by atoms with Gasteiger partial charge in [0.25, 0.3) is 5.91 Å². The van der Waals surface area contributed by atoms with Gasteiger partial charge in [-0.15, -0.1) is 0 Å². The minimum atomic E-state index is -0.0539. The lowest BCUT2D eigenvalue weighted by molar-refractivity contribution is 0.0950. The molecule has 24 heavy (non-hydrogen) atoms. The molecule has 4 nitrogen and oxygen atoms in total. The van der Waals surface area contributed by atoms with Crippen molar-refractivity contribution in [2.45, 2.75) is 32.2 Å². The summed E-state index contributed by atoms with van der Waals surface area (Å²) in [7, 11) is 1.62. The Morgan fingerprint density at radius 3 is 2.83 bits per heavy atom. The Labute approximate surface area is 142 Å². The molecule has 0 aromatic heterocycles. The zero-order valence-electron chi connectivity index (χ0n) is 14.3. The largest absolute Gasteiger partial charge is 0.496 e. The predicted octanol–water partition coefficient (Wildman–Crippen LogP) is 3.69. The molecule has 0 aliphatic heterocycles. The smallest absolute Gasteiger partial charge is 0.251 e. The summed E-state index contributed by atoms with van der Waals surface area (Å²) in [4.78, 5) is 12.4. The molecule has 1 aliphatic carbocycles. The van der Waals surface area contributed by atoms with Gasteiger partial charge >= 0.3 is 0 Å². The number of hydrogen-bond acceptors (Lipinski definition) is 3. The molecular formula is C20H23NO3. The van der Waals surface area contributed by atoms with Crippen LogP contribution in [0.3, 0.4) is 0 Å². The first-order valence-corrected chi connectivity index (χ1v) is 8.30. The van der Waals surface area contributed by atoms with E-state index in [0.717, 1.165) is 23.5 Å².